The number of terminal acetylenes is 1. The summed E-state index contributed by atoms with van der Waals surface area (Å²) in [5.74, 6) is 2.68. The maximum absolute atomic E-state index is 5.39. The van der Waals surface area contributed by atoms with Gasteiger partial charge in [0.2, 0.25) is 0 Å². The van der Waals surface area contributed by atoms with E-state index in [2.05, 4.69) is 29.9 Å². The largest absolute Gasteiger partial charge is 0.296 e. The highest BCUT2D eigenvalue weighted by molar-refractivity contribution is 5.35. The first-order valence-corrected chi connectivity index (χ1v) is 5.59. The summed E-state index contributed by atoms with van der Waals surface area (Å²) in [6.45, 7) is 4.57. The summed E-state index contributed by atoms with van der Waals surface area (Å²) in [4.78, 5) is 2.52. The van der Waals surface area contributed by atoms with Gasteiger partial charge in [0.05, 0.1) is 0 Å². The average Bonchev–Trinajstić information content (AvgIpc) is 2.65. The van der Waals surface area contributed by atoms with E-state index >= 15 is 0 Å². The van der Waals surface area contributed by atoms with Crippen LogP contribution in [0.15, 0.2) is 24.3 Å². The predicted octanol–water partition coefficient (Wildman–Crippen LogP) is 2.65. The van der Waals surface area contributed by atoms with Crippen molar-refractivity contribution in [3.8, 4) is 12.3 Å². The molecule has 1 aliphatic rings. The Balaban J connectivity index is 2.07. The minimum Gasteiger partial charge on any atom is -0.296 e. The van der Waals surface area contributed by atoms with E-state index in [9.17, 15) is 0 Å². The quantitative estimate of drug-likeness (QED) is 0.662. The Bertz CT molecular complexity index is 375. The molecule has 0 saturated carbocycles. The Hall–Kier alpha value is -1.26. The van der Waals surface area contributed by atoms with Crippen molar-refractivity contribution < 1.29 is 0 Å². The first kappa shape index (κ1) is 10.3. The van der Waals surface area contributed by atoms with Gasteiger partial charge >= 0.3 is 0 Å². The van der Waals surface area contributed by atoms with Crippen molar-refractivity contribution in [3.05, 3.63) is 35.4 Å². The lowest BCUT2D eigenvalue weighted by Gasteiger charge is -2.20. The lowest BCUT2D eigenvalue weighted by molar-refractivity contribution is 0.260. The van der Waals surface area contributed by atoms with Gasteiger partial charge in [-0.1, -0.05) is 18.1 Å². The van der Waals surface area contributed by atoms with Gasteiger partial charge in [-0.05, 0) is 44.0 Å². The molecule has 0 aliphatic carbocycles. The van der Waals surface area contributed by atoms with E-state index in [0.717, 1.165) is 18.2 Å². The van der Waals surface area contributed by atoms with Gasteiger partial charge in [-0.3, -0.25) is 4.90 Å². The zero-order chi connectivity index (χ0) is 10.7. The fourth-order valence-electron chi connectivity index (χ4n) is 2.22. The molecular formula is C14H17N. The van der Waals surface area contributed by atoms with Gasteiger partial charge in [0, 0.05) is 18.2 Å². The van der Waals surface area contributed by atoms with Gasteiger partial charge in [0.15, 0.2) is 0 Å². The molecule has 1 heterocycles. The first-order valence-electron chi connectivity index (χ1n) is 5.59. The van der Waals surface area contributed by atoms with Crippen molar-refractivity contribution in [1.82, 2.24) is 4.90 Å². The summed E-state index contributed by atoms with van der Waals surface area (Å²) in [7, 11) is 0. The molecule has 1 aromatic carbocycles. The van der Waals surface area contributed by atoms with Crippen molar-refractivity contribution in [2.24, 2.45) is 0 Å². The van der Waals surface area contributed by atoms with Crippen molar-refractivity contribution in [3.63, 3.8) is 0 Å². The van der Waals surface area contributed by atoms with Crippen LogP contribution in [0.1, 0.15) is 30.9 Å². The first-order chi connectivity index (χ1) is 7.29. The summed E-state index contributed by atoms with van der Waals surface area (Å²) < 4.78 is 0. The topological polar surface area (TPSA) is 3.24 Å². The molecule has 0 amide bonds. The summed E-state index contributed by atoms with van der Waals surface area (Å²) in [5, 5.41) is 0. The highest BCUT2D eigenvalue weighted by Crippen LogP contribution is 2.19. The van der Waals surface area contributed by atoms with E-state index in [1.54, 1.807) is 0 Å². The number of nitrogens with zero attached hydrogens (tertiary/aromatic N) is 1. The SMILES string of the molecule is C#Cc1cccc(CN2CCCC2C)c1. The third-order valence-electron chi connectivity index (χ3n) is 3.17. The summed E-state index contributed by atoms with van der Waals surface area (Å²) >= 11 is 0. The second-order valence-electron chi connectivity index (χ2n) is 4.31. The molecule has 0 aromatic heterocycles. The molecule has 2 rings (SSSR count). The van der Waals surface area contributed by atoms with Gasteiger partial charge < -0.3 is 0 Å². The van der Waals surface area contributed by atoms with Crippen LogP contribution >= 0.6 is 0 Å². The molecule has 1 aliphatic heterocycles. The Kier molecular flexibility index (Phi) is 3.08. The number of hydrogen-bond donors (Lipinski definition) is 0. The van der Waals surface area contributed by atoms with Crippen LogP contribution < -0.4 is 0 Å². The Labute approximate surface area is 92.1 Å². The molecule has 0 radical (unpaired) electrons. The molecule has 1 aromatic rings. The van der Waals surface area contributed by atoms with E-state index in [-0.39, 0.29) is 0 Å². The Morgan fingerprint density at radius 2 is 2.40 bits per heavy atom. The van der Waals surface area contributed by atoms with E-state index in [4.69, 9.17) is 6.42 Å². The zero-order valence-corrected chi connectivity index (χ0v) is 9.24. The third-order valence-corrected chi connectivity index (χ3v) is 3.17. The fraction of sp³-hybridized carbons (Fsp3) is 0.429. The number of benzene rings is 1. The van der Waals surface area contributed by atoms with Crippen LogP contribution in [-0.4, -0.2) is 17.5 Å². The molecule has 15 heavy (non-hydrogen) atoms. The Morgan fingerprint density at radius 1 is 1.53 bits per heavy atom. The van der Waals surface area contributed by atoms with Gasteiger partial charge in [0.1, 0.15) is 0 Å². The molecule has 1 fully saturated rings. The number of hydrogen-bond acceptors (Lipinski definition) is 1. The van der Waals surface area contributed by atoms with Crippen molar-refractivity contribution in [1.29, 1.82) is 0 Å². The van der Waals surface area contributed by atoms with Crippen LogP contribution in [0.2, 0.25) is 0 Å². The lowest BCUT2D eigenvalue weighted by Crippen LogP contribution is -2.26. The molecule has 0 bridgehead atoms. The van der Waals surface area contributed by atoms with Gasteiger partial charge in [-0.2, -0.15) is 0 Å². The normalized spacial score (nSPS) is 21.5. The average molecular weight is 199 g/mol. The van der Waals surface area contributed by atoms with E-state index in [0.29, 0.717) is 0 Å². The van der Waals surface area contributed by atoms with Crippen LogP contribution in [0.25, 0.3) is 0 Å². The highest BCUT2D eigenvalue weighted by Gasteiger charge is 2.19. The standard InChI is InChI=1S/C14H17N/c1-3-13-7-4-8-14(10-13)11-15-9-5-6-12(15)2/h1,4,7-8,10,12H,5-6,9,11H2,2H3. The molecule has 1 unspecified atom stereocenters. The maximum atomic E-state index is 5.39. The molecule has 1 atom stereocenters. The second-order valence-corrected chi connectivity index (χ2v) is 4.31. The van der Waals surface area contributed by atoms with E-state index in [1.807, 2.05) is 12.1 Å². The number of likely N-dealkylation sites (tertiary alicyclic amines) is 1. The molecular weight excluding hydrogens is 182 g/mol. The van der Waals surface area contributed by atoms with Gasteiger partial charge in [-0.15, -0.1) is 6.42 Å². The predicted molar refractivity (Wildman–Crippen MR) is 63.5 cm³/mol. The summed E-state index contributed by atoms with van der Waals surface area (Å²) in [6, 6.07) is 9.03. The second kappa shape index (κ2) is 4.51. The summed E-state index contributed by atoms with van der Waals surface area (Å²) in [6.07, 6.45) is 8.05. The minimum absolute atomic E-state index is 0.722. The van der Waals surface area contributed by atoms with Crippen LogP contribution in [0.3, 0.4) is 0 Å². The molecule has 0 N–H and O–H groups in total. The van der Waals surface area contributed by atoms with E-state index in [1.165, 1.54) is 24.9 Å². The number of rotatable bonds is 2. The zero-order valence-electron chi connectivity index (χ0n) is 9.24. The fourth-order valence-corrected chi connectivity index (χ4v) is 2.22. The van der Waals surface area contributed by atoms with Crippen LogP contribution in [0.5, 0.6) is 0 Å². The molecule has 1 saturated heterocycles. The summed E-state index contributed by atoms with van der Waals surface area (Å²) in [5.41, 5.74) is 2.32. The minimum atomic E-state index is 0.722. The van der Waals surface area contributed by atoms with Crippen LogP contribution in [0.4, 0.5) is 0 Å². The molecule has 0 spiro atoms. The maximum Gasteiger partial charge on any atom is 0.0245 e. The molecule has 1 nitrogen and oxygen atoms in total. The van der Waals surface area contributed by atoms with E-state index < -0.39 is 0 Å². The van der Waals surface area contributed by atoms with Crippen molar-refractivity contribution >= 4 is 0 Å². The van der Waals surface area contributed by atoms with Gasteiger partial charge in [-0.25, -0.2) is 0 Å². The van der Waals surface area contributed by atoms with Crippen molar-refractivity contribution in [2.75, 3.05) is 6.54 Å². The van der Waals surface area contributed by atoms with Crippen molar-refractivity contribution in [2.45, 2.75) is 32.4 Å². The smallest absolute Gasteiger partial charge is 0.0245 e. The van der Waals surface area contributed by atoms with Gasteiger partial charge in [0.25, 0.3) is 0 Å². The monoisotopic (exact) mass is 199 g/mol. The third kappa shape index (κ3) is 2.40. The highest BCUT2D eigenvalue weighted by atomic mass is 15.2. The van der Waals surface area contributed by atoms with Crippen LogP contribution in [0, 0.1) is 12.3 Å². The Morgan fingerprint density at radius 3 is 3.07 bits per heavy atom. The lowest BCUT2D eigenvalue weighted by atomic mass is 10.1. The molecule has 78 valence electrons. The van der Waals surface area contributed by atoms with Crippen LogP contribution in [-0.2, 0) is 6.54 Å². The molecule has 1 heteroatoms.